The molecule has 1 aromatic heterocycles. The largest absolute Gasteiger partial charge is 0.503 e. The maximum Gasteiger partial charge on any atom is 0.216 e. The Hall–Kier alpha value is -1.71. The average Bonchev–Trinajstić information content (AvgIpc) is 3.18. The van der Waals surface area contributed by atoms with E-state index >= 15 is 0 Å². The molecular weight excluding hydrogens is 384 g/mol. The van der Waals surface area contributed by atoms with E-state index in [1.54, 1.807) is 23.0 Å². The minimum absolute atomic E-state index is 0.0459. The summed E-state index contributed by atoms with van der Waals surface area (Å²) in [6.07, 6.45) is 3.42. The Morgan fingerprint density at radius 1 is 1.61 bits per heavy atom. The number of phenolic OH excluding ortho intramolecular Hbond substituents is 1. The summed E-state index contributed by atoms with van der Waals surface area (Å²) in [5.74, 6) is 1.06. The highest BCUT2D eigenvalue weighted by molar-refractivity contribution is 9.10. The van der Waals surface area contributed by atoms with E-state index < -0.39 is 0 Å². The van der Waals surface area contributed by atoms with Crippen molar-refractivity contribution in [1.82, 2.24) is 14.9 Å². The van der Waals surface area contributed by atoms with Gasteiger partial charge in [0.1, 0.15) is 6.10 Å². The van der Waals surface area contributed by atoms with Gasteiger partial charge in [-0.15, -0.1) is 0 Å². The van der Waals surface area contributed by atoms with Crippen LogP contribution < -0.4 is 4.74 Å². The molecule has 0 bridgehead atoms. The van der Waals surface area contributed by atoms with Gasteiger partial charge in [0.05, 0.1) is 17.8 Å². The molecule has 122 valence electrons. The number of nitrogens with one attached hydrogen (secondary N) is 1. The topological polar surface area (TPSA) is 84.7 Å². The molecule has 0 radical (unpaired) electrons. The zero-order chi connectivity index (χ0) is 16.4. The molecule has 0 unspecified atom stereocenters. The number of methoxy groups -OCH3 is 1. The van der Waals surface area contributed by atoms with Gasteiger partial charge in [-0.1, -0.05) is 0 Å². The first-order valence-electron chi connectivity index (χ1n) is 7.00. The fraction of sp³-hybridized carbons (Fsp3) is 0.357. The third-order valence-electron chi connectivity index (χ3n) is 3.49. The van der Waals surface area contributed by atoms with Crippen molar-refractivity contribution < 1.29 is 14.6 Å². The highest BCUT2D eigenvalue weighted by atomic mass is 79.9. The van der Waals surface area contributed by atoms with Gasteiger partial charge < -0.3 is 14.6 Å². The summed E-state index contributed by atoms with van der Waals surface area (Å²) in [5, 5.41) is 21.2. The van der Waals surface area contributed by atoms with Crippen LogP contribution in [0.25, 0.3) is 0 Å². The zero-order valence-corrected chi connectivity index (χ0v) is 14.7. The van der Waals surface area contributed by atoms with Crippen molar-refractivity contribution in [2.45, 2.75) is 18.9 Å². The fourth-order valence-corrected chi connectivity index (χ4v) is 3.00. The number of ether oxygens (including phenoxy) is 2. The molecule has 0 aliphatic carbocycles. The minimum atomic E-state index is -0.0961. The third-order valence-corrected chi connectivity index (χ3v) is 4.35. The second-order valence-electron chi connectivity index (χ2n) is 5.00. The second kappa shape index (κ2) is 6.81. The molecule has 1 saturated heterocycles. The lowest BCUT2D eigenvalue weighted by molar-refractivity contribution is 0.102. The van der Waals surface area contributed by atoms with Crippen molar-refractivity contribution in [3.8, 4) is 11.5 Å². The summed E-state index contributed by atoms with van der Waals surface area (Å²) in [6, 6.07) is 3.41. The monoisotopic (exact) mass is 398 g/mol. The summed E-state index contributed by atoms with van der Waals surface area (Å²) in [7, 11) is 1.49. The van der Waals surface area contributed by atoms with Crippen LogP contribution in [0.2, 0.25) is 0 Å². The molecule has 1 atom stereocenters. The molecule has 9 heteroatoms. The maximum absolute atomic E-state index is 9.84. The van der Waals surface area contributed by atoms with Crippen molar-refractivity contribution in [1.29, 1.82) is 0 Å². The molecule has 7 nitrogen and oxygen atoms in total. The van der Waals surface area contributed by atoms with Crippen LogP contribution in [0.15, 0.2) is 21.7 Å². The van der Waals surface area contributed by atoms with E-state index in [9.17, 15) is 5.11 Å². The van der Waals surface area contributed by atoms with E-state index in [1.807, 2.05) is 0 Å². The molecule has 0 amide bonds. The van der Waals surface area contributed by atoms with Crippen molar-refractivity contribution in [2.75, 3.05) is 13.7 Å². The predicted molar refractivity (Wildman–Crippen MR) is 90.7 cm³/mol. The number of aromatic nitrogens is 3. The zero-order valence-electron chi connectivity index (χ0n) is 12.3. The van der Waals surface area contributed by atoms with Crippen LogP contribution in [0, 0.1) is 4.77 Å². The summed E-state index contributed by atoms with van der Waals surface area (Å²) < 4.78 is 13.2. The number of hydrogen-bond acceptors (Lipinski definition) is 6. The number of aromatic hydroxyl groups is 1. The molecule has 2 aromatic rings. The molecule has 3 rings (SSSR count). The van der Waals surface area contributed by atoms with Crippen LogP contribution in [-0.4, -0.2) is 39.9 Å². The molecule has 23 heavy (non-hydrogen) atoms. The van der Waals surface area contributed by atoms with Gasteiger partial charge in [0.2, 0.25) is 4.77 Å². The second-order valence-corrected chi connectivity index (χ2v) is 6.24. The highest BCUT2D eigenvalue weighted by Crippen LogP contribution is 2.34. The number of phenols is 1. The molecular formula is C14H15BrN4O3S. The first-order valence-corrected chi connectivity index (χ1v) is 8.20. The van der Waals surface area contributed by atoms with E-state index in [-0.39, 0.29) is 11.9 Å². The SMILES string of the molecule is COc1cc(/C=N/n2c([C@H]3CCCO3)n[nH]c2=S)cc(Br)c1O. The van der Waals surface area contributed by atoms with Gasteiger partial charge in [-0.2, -0.15) is 14.9 Å². The van der Waals surface area contributed by atoms with Crippen molar-refractivity contribution >= 4 is 34.4 Å². The smallest absolute Gasteiger partial charge is 0.216 e. The van der Waals surface area contributed by atoms with Gasteiger partial charge in [-0.25, -0.2) is 0 Å². The Bertz CT molecular complexity index is 796. The Labute approximate surface area is 146 Å². The van der Waals surface area contributed by atoms with Crippen molar-refractivity contribution in [2.24, 2.45) is 5.10 Å². The summed E-state index contributed by atoms with van der Waals surface area (Å²) in [4.78, 5) is 0. The average molecular weight is 399 g/mol. The summed E-state index contributed by atoms with van der Waals surface area (Å²) >= 11 is 8.50. The van der Waals surface area contributed by atoms with Gasteiger partial charge in [0.25, 0.3) is 0 Å². The van der Waals surface area contributed by atoms with Crippen molar-refractivity contribution in [3.63, 3.8) is 0 Å². The molecule has 1 aliphatic heterocycles. The van der Waals surface area contributed by atoms with Crippen LogP contribution in [0.1, 0.15) is 30.3 Å². The minimum Gasteiger partial charge on any atom is -0.503 e. The molecule has 2 N–H and O–H groups in total. The number of benzene rings is 1. The predicted octanol–water partition coefficient (Wildman–Crippen LogP) is 3.15. The van der Waals surface area contributed by atoms with Gasteiger partial charge in [0.15, 0.2) is 17.3 Å². The van der Waals surface area contributed by atoms with Gasteiger partial charge in [0, 0.05) is 6.61 Å². The van der Waals surface area contributed by atoms with Crippen LogP contribution in [0.3, 0.4) is 0 Å². The van der Waals surface area contributed by atoms with Crippen molar-refractivity contribution in [3.05, 3.63) is 32.8 Å². The van der Waals surface area contributed by atoms with Gasteiger partial charge >= 0.3 is 0 Å². The summed E-state index contributed by atoms with van der Waals surface area (Å²) in [6.45, 7) is 0.718. The standard InChI is InChI=1S/C14H15BrN4O3S/c1-21-11-6-8(5-9(15)12(11)20)7-16-19-13(17-18-14(19)23)10-3-2-4-22-10/h5-7,10,20H,2-4H2,1H3,(H,18,23)/b16-7+/t10-/m1/s1. The molecule has 1 aromatic carbocycles. The van der Waals surface area contributed by atoms with Crippen LogP contribution >= 0.6 is 28.1 Å². The molecule has 0 spiro atoms. The number of aromatic amines is 1. The summed E-state index contributed by atoms with van der Waals surface area (Å²) in [5.41, 5.74) is 0.743. The van der Waals surface area contributed by atoms with E-state index in [2.05, 4.69) is 31.2 Å². The quantitative estimate of drug-likeness (QED) is 0.610. The van der Waals surface area contributed by atoms with Crippen LogP contribution in [0.5, 0.6) is 11.5 Å². The Morgan fingerprint density at radius 2 is 2.43 bits per heavy atom. The van der Waals surface area contributed by atoms with Gasteiger partial charge in [-0.3, -0.25) is 5.10 Å². The maximum atomic E-state index is 9.84. The lowest BCUT2D eigenvalue weighted by Gasteiger charge is -2.08. The number of nitrogens with zero attached hydrogens (tertiary/aromatic N) is 3. The number of H-pyrrole nitrogens is 1. The lowest BCUT2D eigenvalue weighted by Crippen LogP contribution is -2.05. The lowest BCUT2D eigenvalue weighted by atomic mass is 10.2. The van der Waals surface area contributed by atoms with E-state index in [0.29, 0.717) is 20.8 Å². The number of hydrogen-bond donors (Lipinski definition) is 2. The number of rotatable bonds is 4. The third kappa shape index (κ3) is 3.31. The first-order chi connectivity index (χ1) is 11.1. The normalized spacial score (nSPS) is 17.9. The van der Waals surface area contributed by atoms with E-state index in [0.717, 1.165) is 25.0 Å². The molecule has 0 saturated carbocycles. The molecule has 2 heterocycles. The Balaban J connectivity index is 1.93. The fourth-order valence-electron chi connectivity index (χ4n) is 2.35. The number of halogens is 1. The van der Waals surface area contributed by atoms with Crippen LogP contribution in [0.4, 0.5) is 0 Å². The van der Waals surface area contributed by atoms with Crippen LogP contribution in [-0.2, 0) is 4.74 Å². The highest BCUT2D eigenvalue weighted by Gasteiger charge is 2.23. The van der Waals surface area contributed by atoms with E-state index in [1.165, 1.54) is 7.11 Å². The molecule has 1 fully saturated rings. The van der Waals surface area contributed by atoms with E-state index in [4.69, 9.17) is 21.7 Å². The molecule has 1 aliphatic rings. The Morgan fingerprint density at radius 3 is 3.13 bits per heavy atom. The van der Waals surface area contributed by atoms with Gasteiger partial charge in [-0.05, 0) is 58.7 Å². The Kier molecular flexibility index (Phi) is 4.79. The first kappa shape index (κ1) is 16.2.